The molecule has 0 spiro atoms. The van der Waals surface area contributed by atoms with Gasteiger partial charge in [-0.05, 0) is 36.2 Å². The Morgan fingerprint density at radius 1 is 1.08 bits per heavy atom. The lowest BCUT2D eigenvalue weighted by atomic mass is 10.1. The van der Waals surface area contributed by atoms with Crippen LogP contribution in [0.25, 0.3) is 16.9 Å². The lowest BCUT2D eigenvalue weighted by Gasteiger charge is -2.11. The number of pyridine rings is 1. The highest BCUT2D eigenvalue weighted by atomic mass is 15.1. The zero-order valence-electron chi connectivity index (χ0n) is 14.6. The van der Waals surface area contributed by atoms with Gasteiger partial charge in [-0.2, -0.15) is 0 Å². The maximum absolute atomic E-state index is 4.82. The van der Waals surface area contributed by atoms with Gasteiger partial charge in [0.1, 0.15) is 0 Å². The molecule has 3 heterocycles. The van der Waals surface area contributed by atoms with E-state index in [2.05, 4.69) is 32.7 Å². The number of rotatable bonds is 6. The van der Waals surface area contributed by atoms with Crippen LogP contribution >= 0.6 is 0 Å². The van der Waals surface area contributed by atoms with E-state index >= 15 is 0 Å². The Morgan fingerprint density at radius 3 is 2.81 bits per heavy atom. The van der Waals surface area contributed by atoms with Crippen molar-refractivity contribution in [2.45, 2.75) is 6.42 Å². The van der Waals surface area contributed by atoms with Crippen LogP contribution in [0.2, 0.25) is 0 Å². The minimum Gasteiger partial charge on any atom is -0.388 e. The number of hydrogen-bond donors (Lipinski definition) is 2. The van der Waals surface area contributed by atoms with E-state index < -0.39 is 0 Å². The molecule has 4 rings (SSSR count). The largest absolute Gasteiger partial charge is 0.388 e. The SMILES string of the molecule is CNc1cccc(-c2cn3ccnc3c(NCCc3ccncc3)n2)c1. The Hall–Kier alpha value is -3.41. The van der Waals surface area contributed by atoms with E-state index in [0.29, 0.717) is 0 Å². The number of aromatic nitrogens is 4. The Bertz CT molecular complexity index is 1010. The molecule has 0 saturated carbocycles. The van der Waals surface area contributed by atoms with Gasteiger partial charge < -0.3 is 15.0 Å². The maximum atomic E-state index is 4.82. The van der Waals surface area contributed by atoms with Crippen LogP contribution < -0.4 is 10.6 Å². The van der Waals surface area contributed by atoms with Gasteiger partial charge in [-0.25, -0.2) is 9.97 Å². The van der Waals surface area contributed by atoms with Crippen molar-refractivity contribution in [2.24, 2.45) is 0 Å². The molecule has 0 amide bonds. The van der Waals surface area contributed by atoms with Gasteiger partial charge in [-0.1, -0.05) is 12.1 Å². The molecule has 1 aromatic carbocycles. The first-order valence-electron chi connectivity index (χ1n) is 8.58. The maximum Gasteiger partial charge on any atom is 0.180 e. The zero-order valence-corrected chi connectivity index (χ0v) is 14.6. The summed E-state index contributed by atoms with van der Waals surface area (Å²) < 4.78 is 2.00. The molecular formula is C20H20N6. The lowest BCUT2D eigenvalue weighted by Crippen LogP contribution is -2.08. The first-order chi connectivity index (χ1) is 12.8. The van der Waals surface area contributed by atoms with Crippen LogP contribution in [0.1, 0.15) is 5.56 Å². The molecule has 4 aromatic rings. The fourth-order valence-electron chi connectivity index (χ4n) is 2.90. The van der Waals surface area contributed by atoms with Gasteiger partial charge in [0.15, 0.2) is 11.5 Å². The third kappa shape index (κ3) is 3.35. The van der Waals surface area contributed by atoms with Crippen LogP contribution in [-0.2, 0) is 6.42 Å². The molecule has 2 N–H and O–H groups in total. The number of imidazole rings is 1. The highest BCUT2D eigenvalue weighted by Gasteiger charge is 2.09. The fourth-order valence-corrected chi connectivity index (χ4v) is 2.90. The van der Waals surface area contributed by atoms with E-state index in [1.165, 1.54) is 5.56 Å². The standard InChI is InChI=1S/C20H20N6/c1-21-17-4-2-3-16(13-17)18-14-26-12-11-24-20(26)19(25-18)23-10-7-15-5-8-22-9-6-15/h2-6,8-9,11-14,21H,7,10H2,1H3,(H,23,25). The van der Waals surface area contributed by atoms with Crippen LogP contribution in [0.4, 0.5) is 11.5 Å². The molecule has 0 aliphatic heterocycles. The third-order valence-electron chi connectivity index (χ3n) is 4.28. The van der Waals surface area contributed by atoms with Crippen LogP contribution in [0.3, 0.4) is 0 Å². The molecule has 0 fully saturated rings. The molecule has 0 saturated heterocycles. The predicted octanol–water partition coefficient (Wildman–Crippen LogP) is 3.49. The van der Waals surface area contributed by atoms with Gasteiger partial charge in [0.2, 0.25) is 0 Å². The number of benzene rings is 1. The Morgan fingerprint density at radius 2 is 1.96 bits per heavy atom. The van der Waals surface area contributed by atoms with Gasteiger partial charge in [0, 0.05) is 55.8 Å². The molecular weight excluding hydrogens is 324 g/mol. The molecule has 0 bridgehead atoms. The summed E-state index contributed by atoms with van der Waals surface area (Å²) in [4.78, 5) is 13.3. The topological polar surface area (TPSA) is 67.1 Å². The van der Waals surface area contributed by atoms with Gasteiger partial charge >= 0.3 is 0 Å². The Kier molecular flexibility index (Phi) is 4.47. The summed E-state index contributed by atoms with van der Waals surface area (Å²) in [6.45, 7) is 0.777. The average Bonchev–Trinajstić information content (AvgIpc) is 3.18. The second kappa shape index (κ2) is 7.23. The number of anilines is 2. The van der Waals surface area contributed by atoms with Gasteiger partial charge in [0.25, 0.3) is 0 Å². The van der Waals surface area contributed by atoms with Crippen LogP contribution in [0, 0.1) is 0 Å². The van der Waals surface area contributed by atoms with Gasteiger partial charge in [-0.3, -0.25) is 4.98 Å². The third-order valence-corrected chi connectivity index (χ3v) is 4.28. The van der Waals surface area contributed by atoms with Crippen molar-refractivity contribution in [1.29, 1.82) is 0 Å². The molecule has 0 unspecified atom stereocenters. The molecule has 3 aromatic heterocycles. The van der Waals surface area contributed by atoms with E-state index in [-0.39, 0.29) is 0 Å². The average molecular weight is 344 g/mol. The summed E-state index contributed by atoms with van der Waals surface area (Å²) in [6.07, 6.45) is 10.3. The van der Waals surface area contributed by atoms with Crippen molar-refractivity contribution in [3.05, 3.63) is 72.9 Å². The summed E-state index contributed by atoms with van der Waals surface area (Å²) >= 11 is 0. The quantitative estimate of drug-likeness (QED) is 0.560. The van der Waals surface area contributed by atoms with Crippen LogP contribution in [0.5, 0.6) is 0 Å². The molecule has 0 radical (unpaired) electrons. The molecule has 26 heavy (non-hydrogen) atoms. The second-order valence-corrected chi connectivity index (χ2v) is 6.00. The van der Waals surface area contributed by atoms with Crippen LogP contribution in [0.15, 0.2) is 67.4 Å². The molecule has 0 aliphatic rings. The predicted molar refractivity (Wildman–Crippen MR) is 104 cm³/mol. The van der Waals surface area contributed by atoms with Gasteiger partial charge in [0.05, 0.1) is 5.69 Å². The highest BCUT2D eigenvalue weighted by Crippen LogP contribution is 2.24. The second-order valence-electron chi connectivity index (χ2n) is 6.00. The summed E-state index contributed by atoms with van der Waals surface area (Å²) in [5.74, 6) is 0.788. The number of fused-ring (bicyclic) bond motifs is 1. The minimum atomic E-state index is 0.777. The van der Waals surface area contributed by atoms with E-state index in [1.807, 2.05) is 60.5 Å². The highest BCUT2D eigenvalue weighted by molar-refractivity contribution is 5.71. The summed E-state index contributed by atoms with van der Waals surface area (Å²) in [7, 11) is 1.91. The normalized spacial score (nSPS) is 10.8. The van der Waals surface area contributed by atoms with E-state index in [4.69, 9.17) is 4.98 Å². The Labute approximate surface area is 152 Å². The number of hydrogen-bond acceptors (Lipinski definition) is 5. The summed E-state index contributed by atoms with van der Waals surface area (Å²) in [5, 5.41) is 6.60. The van der Waals surface area contributed by atoms with E-state index in [1.54, 1.807) is 6.20 Å². The molecule has 130 valence electrons. The summed E-state index contributed by atoms with van der Waals surface area (Å²) in [6, 6.07) is 12.3. The fraction of sp³-hybridized carbons (Fsp3) is 0.150. The molecule has 0 aliphatic carbocycles. The van der Waals surface area contributed by atoms with Crippen molar-refractivity contribution in [2.75, 3.05) is 24.2 Å². The van der Waals surface area contributed by atoms with Crippen LogP contribution in [-0.4, -0.2) is 32.9 Å². The molecule has 6 nitrogen and oxygen atoms in total. The van der Waals surface area contributed by atoms with Crippen molar-refractivity contribution in [3.63, 3.8) is 0 Å². The summed E-state index contributed by atoms with van der Waals surface area (Å²) in [5.41, 5.74) is 5.09. The Balaban J connectivity index is 1.62. The zero-order chi connectivity index (χ0) is 17.8. The van der Waals surface area contributed by atoms with Gasteiger partial charge in [-0.15, -0.1) is 0 Å². The van der Waals surface area contributed by atoms with Crippen molar-refractivity contribution in [3.8, 4) is 11.3 Å². The smallest absolute Gasteiger partial charge is 0.180 e. The van der Waals surface area contributed by atoms with Crippen molar-refractivity contribution >= 4 is 17.2 Å². The van der Waals surface area contributed by atoms with E-state index in [0.717, 1.165) is 41.4 Å². The first kappa shape index (κ1) is 16.1. The van der Waals surface area contributed by atoms with E-state index in [9.17, 15) is 0 Å². The molecule has 0 atom stereocenters. The number of nitrogens with one attached hydrogen (secondary N) is 2. The number of nitrogens with zero attached hydrogens (tertiary/aromatic N) is 4. The van der Waals surface area contributed by atoms with Crippen molar-refractivity contribution in [1.82, 2.24) is 19.4 Å². The lowest BCUT2D eigenvalue weighted by molar-refractivity contribution is 0.994. The molecule has 6 heteroatoms. The minimum absolute atomic E-state index is 0.777. The monoisotopic (exact) mass is 344 g/mol. The first-order valence-corrected chi connectivity index (χ1v) is 8.58. The van der Waals surface area contributed by atoms with Crippen molar-refractivity contribution < 1.29 is 0 Å².